The predicted molar refractivity (Wildman–Crippen MR) is 95.0 cm³/mol. The van der Waals surface area contributed by atoms with Crippen molar-refractivity contribution in [3.05, 3.63) is 53.6 Å². The van der Waals surface area contributed by atoms with E-state index < -0.39 is 12.5 Å². The summed E-state index contributed by atoms with van der Waals surface area (Å²) in [7, 11) is 2.85. The predicted octanol–water partition coefficient (Wildman–Crippen LogP) is 4.27. The number of hydrogen-bond donors (Lipinski definition) is 1. The Kier molecular flexibility index (Phi) is 6.54. The second kappa shape index (κ2) is 8.84. The highest BCUT2D eigenvalue weighted by atomic mass is 19.3. The summed E-state index contributed by atoms with van der Waals surface area (Å²) in [5, 5.41) is 2.69. The summed E-state index contributed by atoms with van der Waals surface area (Å²) in [6, 6.07) is 10.0. The van der Waals surface area contributed by atoms with Crippen LogP contribution in [0.2, 0.25) is 0 Å². The van der Waals surface area contributed by atoms with Gasteiger partial charge < -0.3 is 19.5 Å². The molecule has 138 valence electrons. The van der Waals surface area contributed by atoms with Crippen molar-refractivity contribution in [2.24, 2.45) is 0 Å². The Balaban J connectivity index is 2.22. The van der Waals surface area contributed by atoms with E-state index in [0.29, 0.717) is 11.4 Å². The van der Waals surface area contributed by atoms with Gasteiger partial charge in [-0.2, -0.15) is 8.78 Å². The van der Waals surface area contributed by atoms with Crippen molar-refractivity contribution in [3.8, 4) is 17.2 Å². The standard InChI is InChI=1S/C19H19F2NO4/c1-12-7-9-15(24-2)14(11-12)22-17(23)10-8-13-5-4-6-16(25-3)18(13)26-19(20)21/h4-11,19H,1-3H3,(H,22,23)/b10-8+. The molecule has 0 spiro atoms. The van der Waals surface area contributed by atoms with E-state index >= 15 is 0 Å². The van der Waals surface area contributed by atoms with Crippen LogP contribution >= 0.6 is 0 Å². The Morgan fingerprint density at radius 2 is 1.85 bits per heavy atom. The zero-order chi connectivity index (χ0) is 19.1. The molecule has 2 aromatic rings. The first-order valence-electron chi connectivity index (χ1n) is 7.70. The van der Waals surface area contributed by atoms with E-state index in [-0.39, 0.29) is 17.1 Å². The molecule has 0 bridgehead atoms. The largest absolute Gasteiger partial charge is 0.495 e. The van der Waals surface area contributed by atoms with Crippen molar-refractivity contribution in [3.63, 3.8) is 0 Å². The number of amides is 1. The molecule has 2 rings (SSSR count). The van der Waals surface area contributed by atoms with Gasteiger partial charge in [-0.3, -0.25) is 4.79 Å². The number of carbonyl (C=O) groups is 1. The van der Waals surface area contributed by atoms with Gasteiger partial charge in [-0.25, -0.2) is 0 Å². The third-order valence-corrected chi connectivity index (χ3v) is 3.46. The molecule has 0 unspecified atom stereocenters. The molecule has 0 saturated carbocycles. The summed E-state index contributed by atoms with van der Waals surface area (Å²) in [6.45, 7) is -1.13. The van der Waals surface area contributed by atoms with Crippen LogP contribution in [0, 0.1) is 6.92 Å². The normalized spacial score (nSPS) is 10.8. The maximum absolute atomic E-state index is 12.6. The fourth-order valence-electron chi connectivity index (χ4n) is 2.30. The van der Waals surface area contributed by atoms with Gasteiger partial charge in [0, 0.05) is 11.6 Å². The maximum Gasteiger partial charge on any atom is 0.387 e. The van der Waals surface area contributed by atoms with Crippen LogP contribution in [-0.4, -0.2) is 26.7 Å². The molecule has 0 aromatic heterocycles. The summed E-state index contributed by atoms with van der Waals surface area (Å²) in [4.78, 5) is 12.2. The van der Waals surface area contributed by atoms with Crippen LogP contribution in [0.15, 0.2) is 42.5 Å². The minimum Gasteiger partial charge on any atom is -0.495 e. The molecule has 26 heavy (non-hydrogen) atoms. The number of ether oxygens (including phenoxy) is 3. The zero-order valence-electron chi connectivity index (χ0n) is 14.6. The summed E-state index contributed by atoms with van der Waals surface area (Å²) < 4.78 is 40.0. The average Bonchev–Trinajstić information content (AvgIpc) is 2.60. The van der Waals surface area contributed by atoms with E-state index in [9.17, 15) is 13.6 Å². The molecule has 0 aliphatic carbocycles. The highest BCUT2D eigenvalue weighted by Crippen LogP contribution is 2.33. The highest BCUT2D eigenvalue weighted by molar-refractivity contribution is 6.03. The number of anilines is 1. The van der Waals surface area contributed by atoms with Crippen LogP contribution in [0.5, 0.6) is 17.2 Å². The maximum atomic E-state index is 12.6. The number of para-hydroxylation sites is 1. The third-order valence-electron chi connectivity index (χ3n) is 3.46. The summed E-state index contributed by atoms with van der Waals surface area (Å²) in [5.41, 5.74) is 1.75. The van der Waals surface area contributed by atoms with Crippen LogP contribution in [-0.2, 0) is 4.79 Å². The number of benzene rings is 2. The lowest BCUT2D eigenvalue weighted by Gasteiger charge is -2.12. The van der Waals surface area contributed by atoms with Crippen molar-refractivity contribution in [2.75, 3.05) is 19.5 Å². The smallest absolute Gasteiger partial charge is 0.387 e. The zero-order valence-corrected chi connectivity index (χ0v) is 14.6. The van der Waals surface area contributed by atoms with Crippen molar-refractivity contribution in [1.82, 2.24) is 0 Å². The molecule has 5 nitrogen and oxygen atoms in total. The SMILES string of the molecule is COc1ccc(C)cc1NC(=O)/C=C/c1cccc(OC)c1OC(F)F. The first-order chi connectivity index (χ1) is 12.4. The minimum atomic E-state index is -3.01. The van der Waals surface area contributed by atoms with Gasteiger partial charge in [-0.05, 0) is 36.8 Å². The topological polar surface area (TPSA) is 56.8 Å². The molecule has 7 heteroatoms. The van der Waals surface area contributed by atoms with E-state index in [1.807, 2.05) is 13.0 Å². The van der Waals surface area contributed by atoms with E-state index in [2.05, 4.69) is 10.1 Å². The second-order valence-electron chi connectivity index (χ2n) is 5.28. The fourth-order valence-corrected chi connectivity index (χ4v) is 2.30. The lowest BCUT2D eigenvalue weighted by molar-refractivity contribution is -0.111. The summed E-state index contributed by atoms with van der Waals surface area (Å²) in [6.07, 6.45) is 2.59. The van der Waals surface area contributed by atoms with Gasteiger partial charge in [0.05, 0.1) is 19.9 Å². The number of hydrogen-bond acceptors (Lipinski definition) is 4. The number of halogens is 2. The van der Waals surface area contributed by atoms with Crippen molar-refractivity contribution < 1.29 is 27.8 Å². The Morgan fingerprint density at radius 1 is 1.12 bits per heavy atom. The van der Waals surface area contributed by atoms with Gasteiger partial charge >= 0.3 is 6.61 Å². The third kappa shape index (κ3) is 4.95. The van der Waals surface area contributed by atoms with Crippen LogP contribution in [0.25, 0.3) is 6.08 Å². The van der Waals surface area contributed by atoms with Crippen molar-refractivity contribution in [2.45, 2.75) is 13.5 Å². The monoisotopic (exact) mass is 363 g/mol. The molecule has 1 N–H and O–H groups in total. The van der Waals surface area contributed by atoms with Crippen LogP contribution in [0.4, 0.5) is 14.5 Å². The molecule has 0 aliphatic rings. The second-order valence-corrected chi connectivity index (χ2v) is 5.28. The van der Waals surface area contributed by atoms with Crippen LogP contribution in [0.1, 0.15) is 11.1 Å². The molecule has 2 aromatic carbocycles. The molecule has 0 fully saturated rings. The van der Waals surface area contributed by atoms with Crippen molar-refractivity contribution >= 4 is 17.7 Å². The lowest BCUT2D eigenvalue weighted by Crippen LogP contribution is -2.09. The fraction of sp³-hybridized carbons (Fsp3) is 0.211. The van der Waals surface area contributed by atoms with Gasteiger partial charge in [0.15, 0.2) is 11.5 Å². The Hall–Kier alpha value is -3.09. The van der Waals surface area contributed by atoms with Gasteiger partial charge in [0.2, 0.25) is 5.91 Å². The quantitative estimate of drug-likeness (QED) is 0.747. The molecular formula is C19H19F2NO4. The summed E-state index contributed by atoms with van der Waals surface area (Å²) in [5.74, 6) is 0.0792. The van der Waals surface area contributed by atoms with Gasteiger partial charge in [-0.15, -0.1) is 0 Å². The number of aryl methyl sites for hydroxylation is 1. The number of alkyl halides is 2. The molecule has 0 aliphatic heterocycles. The number of methoxy groups -OCH3 is 2. The lowest BCUT2D eigenvalue weighted by atomic mass is 10.1. The first-order valence-corrected chi connectivity index (χ1v) is 7.70. The Bertz CT molecular complexity index is 806. The molecule has 0 radical (unpaired) electrons. The Morgan fingerprint density at radius 3 is 2.50 bits per heavy atom. The minimum absolute atomic E-state index is 0.137. The molecule has 0 saturated heterocycles. The van der Waals surface area contributed by atoms with Crippen LogP contribution in [0.3, 0.4) is 0 Å². The van der Waals surface area contributed by atoms with Gasteiger partial charge in [-0.1, -0.05) is 18.2 Å². The van der Waals surface area contributed by atoms with E-state index in [0.717, 1.165) is 5.56 Å². The molecule has 1 amide bonds. The average molecular weight is 363 g/mol. The number of carbonyl (C=O) groups excluding carboxylic acids is 1. The highest BCUT2D eigenvalue weighted by Gasteiger charge is 2.14. The van der Waals surface area contributed by atoms with E-state index in [1.165, 1.54) is 38.5 Å². The van der Waals surface area contributed by atoms with Crippen molar-refractivity contribution in [1.29, 1.82) is 0 Å². The van der Waals surface area contributed by atoms with E-state index in [1.54, 1.807) is 18.2 Å². The summed E-state index contributed by atoms with van der Waals surface area (Å²) >= 11 is 0. The molecular weight excluding hydrogens is 344 g/mol. The number of nitrogens with one attached hydrogen (secondary N) is 1. The van der Waals surface area contributed by atoms with Crippen LogP contribution < -0.4 is 19.5 Å². The Labute approximate surface area is 150 Å². The van der Waals surface area contributed by atoms with E-state index in [4.69, 9.17) is 9.47 Å². The number of rotatable bonds is 7. The van der Waals surface area contributed by atoms with Gasteiger partial charge in [0.1, 0.15) is 5.75 Å². The molecule has 0 heterocycles. The van der Waals surface area contributed by atoms with Gasteiger partial charge in [0.25, 0.3) is 0 Å². The molecule has 0 atom stereocenters. The first kappa shape index (κ1) is 19.2.